The molecule has 104 valence electrons. The Kier molecular flexibility index (Phi) is 3.91. The monoisotopic (exact) mass is 283 g/mol. The van der Waals surface area contributed by atoms with Crippen LogP contribution in [0.3, 0.4) is 0 Å². The molecule has 0 saturated heterocycles. The van der Waals surface area contributed by atoms with E-state index in [2.05, 4.69) is 0 Å². The van der Waals surface area contributed by atoms with Gasteiger partial charge in [0.05, 0.1) is 17.3 Å². The molecule has 0 saturated carbocycles. The van der Waals surface area contributed by atoms with Gasteiger partial charge in [0.25, 0.3) is 0 Å². The third-order valence-corrected chi connectivity index (χ3v) is 4.94. The van der Waals surface area contributed by atoms with Gasteiger partial charge in [-0.2, -0.15) is 0 Å². The second kappa shape index (κ2) is 5.30. The molecule has 0 aromatic heterocycles. The van der Waals surface area contributed by atoms with Gasteiger partial charge in [-0.3, -0.25) is 4.79 Å². The Balaban J connectivity index is 2.18. The third-order valence-electron chi connectivity index (χ3n) is 3.15. The zero-order chi connectivity index (χ0) is 14.0. The van der Waals surface area contributed by atoms with Gasteiger partial charge < -0.3 is 10.5 Å². The van der Waals surface area contributed by atoms with Crippen LogP contribution >= 0.6 is 0 Å². The highest BCUT2D eigenvalue weighted by atomic mass is 32.2. The molecular formula is C13H17NO4S. The van der Waals surface area contributed by atoms with Crippen LogP contribution in [0.2, 0.25) is 0 Å². The lowest BCUT2D eigenvalue weighted by atomic mass is 10.0. The van der Waals surface area contributed by atoms with Crippen molar-refractivity contribution in [1.29, 1.82) is 0 Å². The van der Waals surface area contributed by atoms with Crippen molar-refractivity contribution < 1.29 is 17.9 Å². The molecule has 0 amide bonds. The summed E-state index contributed by atoms with van der Waals surface area (Å²) in [5, 5.41) is 0. The van der Waals surface area contributed by atoms with Crippen molar-refractivity contribution in [2.75, 3.05) is 12.4 Å². The molecule has 0 fully saturated rings. The van der Waals surface area contributed by atoms with Crippen molar-refractivity contribution in [3.63, 3.8) is 0 Å². The van der Waals surface area contributed by atoms with Crippen LogP contribution in [0.25, 0.3) is 0 Å². The first-order valence-electron chi connectivity index (χ1n) is 6.21. The molecule has 1 heterocycles. The number of esters is 1. The number of benzene rings is 1. The fourth-order valence-electron chi connectivity index (χ4n) is 2.16. The van der Waals surface area contributed by atoms with E-state index in [-0.39, 0.29) is 18.8 Å². The van der Waals surface area contributed by atoms with E-state index in [0.29, 0.717) is 11.3 Å². The summed E-state index contributed by atoms with van der Waals surface area (Å²) < 4.78 is 28.4. The van der Waals surface area contributed by atoms with Gasteiger partial charge in [0.2, 0.25) is 0 Å². The van der Waals surface area contributed by atoms with Crippen LogP contribution in [0, 0.1) is 0 Å². The van der Waals surface area contributed by atoms with Gasteiger partial charge in [-0.25, -0.2) is 8.42 Å². The van der Waals surface area contributed by atoms with Crippen LogP contribution in [0.4, 0.5) is 0 Å². The van der Waals surface area contributed by atoms with Crippen molar-refractivity contribution in [2.24, 2.45) is 5.73 Å². The Morgan fingerprint density at radius 2 is 2.21 bits per heavy atom. The first kappa shape index (κ1) is 14.0. The van der Waals surface area contributed by atoms with Gasteiger partial charge in [0, 0.05) is 0 Å². The van der Waals surface area contributed by atoms with Crippen LogP contribution in [-0.4, -0.2) is 32.8 Å². The summed E-state index contributed by atoms with van der Waals surface area (Å²) in [7, 11) is -3.15. The van der Waals surface area contributed by atoms with Gasteiger partial charge in [-0.1, -0.05) is 12.1 Å². The maximum absolute atomic E-state index is 11.8. The quantitative estimate of drug-likeness (QED) is 0.811. The van der Waals surface area contributed by atoms with E-state index in [1.807, 2.05) is 6.07 Å². The molecule has 0 radical (unpaired) electrons. The van der Waals surface area contributed by atoms with Crippen molar-refractivity contribution >= 4 is 15.8 Å². The average molecular weight is 283 g/mol. The minimum atomic E-state index is -3.15. The molecule has 5 nitrogen and oxygen atoms in total. The normalized spacial score (nSPS) is 17.8. The van der Waals surface area contributed by atoms with Crippen molar-refractivity contribution in [3.8, 4) is 0 Å². The Morgan fingerprint density at radius 3 is 2.89 bits per heavy atom. The van der Waals surface area contributed by atoms with Crippen LogP contribution in [-0.2, 0) is 32.2 Å². The molecule has 0 spiro atoms. The van der Waals surface area contributed by atoms with Crippen molar-refractivity contribution in [2.45, 2.75) is 30.7 Å². The Morgan fingerprint density at radius 1 is 1.47 bits per heavy atom. The minimum absolute atomic E-state index is 0.162. The number of hydrogen-bond donors (Lipinski definition) is 1. The SMILES string of the molecule is CCOC(=O)C(N)Cc1ccc2c(c1)S(=O)(=O)CC2. The summed E-state index contributed by atoms with van der Waals surface area (Å²) in [6, 6.07) is 4.48. The van der Waals surface area contributed by atoms with E-state index in [9.17, 15) is 13.2 Å². The van der Waals surface area contributed by atoms with E-state index >= 15 is 0 Å². The minimum Gasteiger partial charge on any atom is -0.465 e. The maximum Gasteiger partial charge on any atom is 0.323 e. The third kappa shape index (κ3) is 2.96. The lowest BCUT2D eigenvalue weighted by molar-refractivity contribution is -0.144. The predicted octanol–water partition coefficient (Wildman–Crippen LogP) is 0.449. The number of ether oxygens (including phenoxy) is 1. The van der Waals surface area contributed by atoms with Gasteiger partial charge >= 0.3 is 5.97 Å². The van der Waals surface area contributed by atoms with Crippen molar-refractivity contribution in [3.05, 3.63) is 29.3 Å². The number of carbonyl (C=O) groups excluding carboxylic acids is 1. The molecule has 1 aromatic carbocycles. The number of hydrogen-bond acceptors (Lipinski definition) is 5. The highest BCUT2D eigenvalue weighted by Gasteiger charge is 2.26. The first-order chi connectivity index (χ1) is 8.94. The van der Waals surface area contributed by atoms with E-state index in [1.165, 1.54) is 0 Å². The molecule has 1 aliphatic heterocycles. The van der Waals surface area contributed by atoms with E-state index in [1.54, 1.807) is 19.1 Å². The molecule has 19 heavy (non-hydrogen) atoms. The highest BCUT2D eigenvalue weighted by Crippen LogP contribution is 2.27. The first-order valence-corrected chi connectivity index (χ1v) is 7.86. The molecule has 2 rings (SSSR count). The van der Waals surface area contributed by atoms with Gasteiger partial charge in [0.1, 0.15) is 6.04 Å². The second-order valence-electron chi connectivity index (χ2n) is 4.57. The van der Waals surface area contributed by atoms with Crippen LogP contribution in [0.5, 0.6) is 0 Å². The summed E-state index contributed by atoms with van der Waals surface area (Å²) in [5.74, 6) is -0.304. The lowest BCUT2D eigenvalue weighted by Gasteiger charge is -2.11. The summed E-state index contributed by atoms with van der Waals surface area (Å²) in [6.07, 6.45) is 0.837. The number of rotatable bonds is 4. The Bertz CT molecular complexity index is 595. The summed E-state index contributed by atoms with van der Waals surface area (Å²) in [5.41, 5.74) is 7.31. The topological polar surface area (TPSA) is 86.5 Å². The van der Waals surface area contributed by atoms with Crippen LogP contribution in [0.1, 0.15) is 18.1 Å². The number of carbonyl (C=O) groups is 1. The number of aryl methyl sites for hydroxylation is 1. The van der Waals surface area contributed by atoms with Gasteiger partial charge in [-0.05, 0) is 37.0 Å². The molecule has 0 aliphatic carbocycles. The van der Waals surface area contributed by atoms with E-state index in [4.69, 9.17) is 10.5 Å². The van der Waals surface area contributed by atoms with E-state index in [0.717, 1.165) is 11.1 Å². The predicted molar refractivity (Wildman–Crippen MR) is 70.5 cm³/mol. The summed E-state index contributed by atoms with van der Waals surface area (Å²) >= 11 is 0. The average Bonchev–Trinajstić information content (AvgIpc) is 2.66. The largest absolute Gasteiger partial charge is 0.465 e. The number of sulfone groups is 1. The second-order valence-corrected chi connectivity index (χ2v) is 6.65. The Hall–Kier alpha value is -1.40. The molecule has 2 N–H and O–H groups in total. The fraction of sp³-hybridized carbons (Fsp3) is 0.462. The number of fused-ring (bicyclic) bond motifs is 1. The summed E-state index contributed by atoms with van der Waals surface area (Å²) in [6.45, 7) is 2.00. The molecule has 1 aliphatic rings. The van der Waals surface area contributed by atoms with Crippen molar-refractivity contribution in [1.82, 2.24) is 0 Å². The molecule has 1 aromatic rings. The highest BCUT2D eigenvalue weighted by molar-refractivity contribution is 7.91. The lowest BCUT2D eigenvalue weighted by Crippen LogP contribution is -2.34. The molecule has 0 bridgehead atoms. The van der Waals surface area contributed by atoms with Gasteiger partial charge in [-0.15, -0.1) is 0 Å². The summed E-state index contributed by atoms with van der Waals surface area (Å²) in [4.78, 5) is 11.8. The standard InChI is InChI=1S/C13H17NO4S/c1-2-18-13(15)11(14)7-9-3-4-10-5-6-19(16,17)12(10)8-9/h3-4,8,11H,2,5-7,14H2,1H3. The smallest absolute Gasteiger partial charge is 0.323 e. The molecular weight excluding hydrogens is 266 g/mol. The zero-order valence-electron chi connectivity index (χ0n) is 10.8. The maximum atomic E-state index is 11.8. The Labute approximate surface area is 112 Å². The van der Waals surface area contributed by atoms with Gasteiger partial charge in [0.15, 0.2) is 9.84 Å². The van der Waals surface area contributed by atoms with Crippen LogP contribution in [0.15, 0.2) is 23.1 Å². The number of nitrogens with two attached hydrogens (primary N) is 1. The van der Waals surface area contributed by atoms with E-state index < -0.39 is 21.8 Å². The molecule has 6 heteroatoms. The molecule has 1 atom stereocenters. The fourth-order valence-corrected chi connectivity index (χ4v) is 3.77. The molecule has 1 unspecified atom stereocenters. The van der Waals surface area contributed by atoms with Crippen LogP contribution < -0.4 is 5.73 Å². The zero-order valence-corrected chi connectivity index (χ0v) is 11.6.